The number of benzene rings is 1. The maximum atomic E-state index is 12.9. The number of carbonyl (C=O) groups excluding carboxylic acids is 3. The average Bonchev–Trinajstić information content (AvgIpc) is 2.65. The fourth-order valence-electron chi connectivity index (χ4n) is 2.73. The van der Waals surface area contributed by atoms with E-state index in [-0.39, 0.29) is 17.7 Å². The van der Waals surface area contributed by atoms with E-state index in [4.69, 9.17) is 10.5 Å². The van der Waals surface area contributed by atoms with E-state index < -0.39 is 30.0 Å². The van der Waals surface area contributed by atoms with Crippen molar-refractivity contribution >= 4 is 17.8 Å². The van der Waals surface area contributed by atoms with Crippen molar-refractivity contribution in [3.05, 3.63) is 35.9 Å². The van der Waals surface area contributed by atoms with Crippen molar-refractivity contribution < 1.29 is 19.1 Å². The van der Waals surface area contributed by atoms with Crippen molar-refractivity contribution in [2.24, 2.45) is 17.6 Å². The van der Waals surface area contributed by atoms with Gasteiger partial charge in [0.1, 0.15) is 12.1 Å². The lowest BCUT2D eigenvalue weighted by molar-refractivity contribution is -0.145. The van der Waals surface area contributed by atoms with E-state index in [0.717, 1.165) is 5.56 Å². The molecule has 0 bridgehead atoms. The zero-order chi connectivity index (χ0) is 21.3. The zero-order valence-corrected chi connectivity index (χ0v) is 17.4. The van der Waals surface area contributed by atoms with Gasteiger partial charge >= 0.3 is 5.97 Å². The van der Waals surface area contributed by atoms with Crippen molar-refractivity contribution in [1.82, 2.24) is 10.6 Å². The van der Waals surface area contributed by atoms with Crippen LogP contribution in [0.1, 0.15) is 39.7 Å². The van der Waals surface area contributed by atoms with Gasteiger partial charge in [0.2, 0.25) is 11.8 Å². The number of esters is 1. The van der Waals surface area contributed by atoms with E-state index in [9.17, 15) is 14.4 Å². The summed E-state index contributed by atoms with van der Waals surface area (Å²) in [6.07, 6.45) is 0.731. The SMILES string of the molecule is COC(=O)[C@@H](Cc1ccccc1)NC(=O)[C@H](CC(C)C)NC(=O)[C@@H](N)C(C)C. The van der Waals surface area contributed by atoms with Gasteiger partial charge in [-0.1, -0.05) is 58.0 Å². The normalized spacial score (nSPS) is 14.3. The van der Waals surface area contributed by atoms with Crippen LogP contribution in [0.15, 0.2) is 30.3 Å². The number of rotatable bonds is 10. The Morgan fingerprint density at radius 1 is 0.964 bits per heavy atom. The lowest BCUT2D eigenvalue weighted by Gasteiger charge is -2.25. The molecule has 0 aliphatic heterocycles. The Kier molecular flexibility index (Phi) is 9.65. The first-order valence-electron chi connectivity index (χ1n) is 9.63. The Bertz CT molecular complexity index is 646. The van der Waals surface area contributed by atoms with E-state index in [1.54, 1.807) is 0 Å². The number of hydrogen-bond acceptors (Lipinski definition) is 5. The fraction of sp³-hybridized carbons (Fsp3) is 0.571. The minimum atomic E-state index is -0.842. The van der Waals surface area contributed by atoms with E-state index in [2.05, 4.69) is 10.6 Å². The summed E-state index contributed by atoms with van der Waals surface area (Å²) in [5.41, 5.74) is 6.79. The Balaban J connectivity index is 2.91. The third-order valence-corrected chi connectivity index (χ3v) is 4.45. The maximum Gasteiger partial charge on any atom is 0.328 e. The summed E-state index contributed by atoms with van der Waals surface area (Å²) in [6.45, 7) is 7.59. The largest absolute Gasteiger partial charge is 0.467 e. The van der Waals surface area contributed by atoms with Gasteiger partial charge in [0, 0.05) is 6.42 Å². The number of carbonyl (C=O) groups is 3. The lowest BCUT2D eigenvalue weighted by atomic mass is 9.99. The third-order valence-electron chi connectivity index (χ3n) is 4.45. The molecule has 0 saturated carbocycles. The molecule has 0 spiro atoms. The standard InChI is InChI=1S/C21H33N3O4/c1-13(2)11-16(23-20(26)18(22)14(3)4)19(25)24-17(21(27)28-5)12-15-9-7-6-8-10-15/h6-10,13-14,16-18H,11-12,22H2,1-5H3,(H,23,26)(H,24,25)/t16-,17+,18-/m0/s1. The van der Waals surface area contributed by atoms with Gasteiger partial charge in [0.15, 0.2) is 0 Å². The molecule has 3 atom stereocenters. The minimum absolute atomic E-state index is 0.0522. The second-order valence-electron chi connectivity index (χ2n) is 7.73. The first kappa shape index (κ1) is 23.6. The number of methoxy groups -OCH3 is 1. The van der Waals surface area contributed by atoms with E-state index in [1.807, 2.05) is 58.0 Å². The first-order chi connectivity index (χ1) is 13.1. The molecule has 0 saturated heterocycles. The van der Waals surface area contributed by atoms with Crippen molar-refractivity contribution in [3.63, 3.8) is 0 Å². The smallest absolute Gasteiger partial charge is 0.328 e. The van der Waals surface area contributed by atoms with E-state index in [1.165, 1.54) is 7.11 Å². The Hall–Kier alpha value is -2.41. The lowest BCUT2D eigenvalue weighted by Crippen LogP contribution is -2.56. The molecule has 7 nitrogen and oxygen atoms in total. The molecule has 0 aliphatic rings. The van der Waals surface area contributed by atoms with Gasteiger partial charge in [-0.3, -0.25) is 9.59 Å². The van der Waals surface area contributed by atoms with Crippen LogP contribution in [0, 0.1) is 11.8 Å². The van der Waals surface area contributed by atoms with Crippen LogP contribution in [0.3, 0.4) is 0 Å². The highest BCUT2D eigenvalue weighted by molar-refractivity contribution is 5.92. The predicted molar refractivity (Wildman–Crippen MR) is 108 cm³/mol. The monoisotopic (exact) mass is 391 g/mol. The number of hydrogen-bond donors (Lipinski definition) is 3. The summed E-state index contributed by atoms with van der Waals surface area (Å²) in [5.74, 6) is -1.23. The molecular weight excluding hydrogens is 358 g/mol. The van der Waals surface area contributed by atoms with Crippen LogP contribution in [0.5, 0.6) is 0 Å². The number of ether oxygens (including phenoxy) is 1. The maximum absolute atomic E-state index is 12.9. The quantitative estimate of drug-likeness (QED) is 0.522. The zero-order valence-electron chi connectivity index (χ0n) is 17.4. The van der Waals surface area contributed by atoms with Gasteiger partial charge in [0.25, 0.3) is 0 Å². The summed E-state index contributed by atoms with van der Waals surface area (Å²) in [5, 5.41) is 5.45. The highest BCUT2D eigenvalue weighted by atomic mass is 16.5. The van der Waals surface area contributed by atoms with Gasteiger partial charge < -0.3 is 21.1 Å². The molecular formula is C21H33N3O4. The third kappa shape index (κ3) is 7.68. The Morgan fingerprint density at radius 2 is 1.54 bits per heavy atom. The summed E-state index contributed by atoms with van der Waals surface area (Å²) in [4.78, 5) is 37.4. The second kappa shape index (κ2) is 11.4. The van der Waals surface area contributed by atoms with Crippen LogP contribution < -0.4 is 16.4 Å². The van der Waals surface area contributed by atoms with Crippen LogP contribution in [0.25, 0.3) is 0 Å². The molecule has 28 heavy (non-hydrogen) atoms. The molecule has 0 aromatic heterocycles. The van der Waals surface area contributed by atoms with Crippen molar-refractivity contribution in [3.8, 4) is 0 Å². The fourth-order valence-corrected chi connectivity index (χ4v) is 2.73. The molecule has 0 fully saturated rings. The highest BCUT2D eigenvalue weighted by Gasteiger charge is 2.29. The minimum Gasteiger partial charge on any atom is -0.467 e. The number of nitrogens with two attached hydrogens (primary N) is 1. The molecule has 2 amide bonds. The molecule has 0 heterocycles. The molecule has 7 heteroatoms. The van der Waals surface area contributed by atoms with Crippen LogP contribution in [-0.4, -0.2) is 43.0 Å². The van der Waals surface area contributed by atoms with Crippen LogP contribution in [0.2, 0.25) is 0 Å². The molecule has 1 rings (SSSR count). The second-order valence-corrected chi connectivity index (χ2v) is 7.73. The highest BCUT2D eigenvalue weighted by Crippen LogP contribution is 2.09. The molecule has 0 radical (unpaired) electrons. The summed E-state index contributed by atoms with van der Waals surface area (Å²) >= 11 is 0. The molecule has 4 N–H and O–H groups in total. The number of amides is 2. The topological polar surface area (TPSA) is 111 Å². The molecule has 156 valence electrons. The molecule has 0 aliphatic carbocycles. The van der Waals surface area contributed by atoms with Crippen molar-refractivity contribution in [1.29, 1.82) is 0 Å². The van der Waals surface area contributed by atoms with Gasteiger partial charge in [0.05, 0.1) is 13.2 Å². The van der Waals surface area contributed by atoms with Crippen LogP contribution in [-0.2, 0) is 25.5 Å². The molecule has 0 unspecified atom stereocenters. The summed E-state index contributed by atoms with van der Waals surface area (Å²) < 4.78 is 4.84. The van der Waals surface area contributed by atoms with Gasteiger partial charge in [-0.05, 0) is 23.8 Å². The first-order valence-corrected chi connectivity index (χ1v) is 9.63. The molecule has 1 aromatic rings. The van der Waals surface area contributed by atoms with Gasteiger partial charge in [-0.2, -0.15) is 0 Å². The Morgan fingerprint density at radius 3 is 2.04 bits per heavy atom. The number of nitrogens with one attached hydrogen (secondary N) is 2. The molecule has 1 aromatic carbocycles. The van der Waals surface area contributed by atoms with E-state index in [0.29, 0.717) is 12.8 Å². The summed E-state index contributed by atoms with van der Waals surface area (Å²) in [6, 6.07) is 7.02. The van der Waals surface area contributed by atoms with Gasteiger partial charge in [-0.15, -0.1) is 0 Å². The van der Waals surface area contributed by atoms with Gasteiger partial charge in [-0.25, -0.2) is 4.79 Å². The Labute approximate surface area is 167 Å². The van der Waals surface area contributed by atoms with Crippen molar-refractivity contribution in [2.45, 2.75) is 58.7 Å². The van der Waals surface area contributed by atoms with Crippen LogP contribution >= 0.6 is 0 Å². The van der Waals surface area contributed by atoms with Crippen LogP contribution in [0.4, 0.5) is 0 Å². The summed E-state index contributed by atoms with van der Waals surface area (Å²) in [7, 11) is 1.28. The van der Waals surface area contributed by atoms with Crippen molar-refractivity contribution in [2.75, 3.05) is 7.11 Å². The predicted octanol–water partition coefficient (Wildman–Crippen LogP) is 1.40. The average molecular weight is 392 g/mol. The van der Waals surface area contributed by atoms with E-state index >= 15 is 0 Å².